The molecule has 0 unspecified atom stereocenters. The number of nitro benzene ring substituents is 1. The Kier molecular flexibility index (Phi) is 4.90. The first-order chi connectivity index (χ1) is 10.9. The fourth-order valence-corrected chi connectivity index (χ4v) is 2.31. The van der Waals surface area contributed by atoms with Gasteiger partial charge in [-0.3, -0.25) is 19.9 Å². The molecule has 0 saturated heterocycles. The molecule has 0 atom stereocenters. The van der Waals surface area contributed by atoms with Crippen LogP contribution in [0.2, 0.25) is 0 Å². The number of nitrogens with one attached hydrogen (secondary N) is 1. The van der Waals surface area contributed by atoms with Gasteiger partial charge in [-0.2, -0.15) is 0 Å². The van der Waals surface area contributed by atoms with Crippen molar-refractivity contribution in [1.82, 2.24) is 10.3 Å². The van der Waals surface area contributed by atoms with E-state index in [-0.39, 0.29) is 23.6 Å². The number of nitrogens with zero attached hydrogens (tertiary/aromatic N) is 2. The molecule has 0 bridgehead atoms. The molecule has 7 heteroatoms. The fourth-order valence-electron chi connectivity index (χ4n) is 2.31. The third-order valence-electron chi connectivity index (χ3n) is 3.70. The van der Waals surface area contributed by atoms with E-state index in [9.17, 15) is 14.9 Å². The fraction of sp³-hybridized carbons (Fsp3) is 0.375. The smallest absolute Gasteiger partial charge is 0.278 e. The number of benzene rings is 1. The zero-order valence-electron chi connectivity index (χ0n) is 13.1. The molecule has 2 aromatic rings. The minimum Gasteiger partial charge on any atom is -0.396 e. The first-order valence-corrected chi connectivity index (χ1v) is 7.27. The maximum atomic E-state index is 12.4. The van der Waals surface area contributed by atoms with Gasteiger partial charge in [-0.1, -0.05) is 13.8 Å². The van der Waals surface area contributed by atoms with Crippen molar-refractivity contribution in [1.29, 1.82) is 0 Å². The summed E-state index contributed by atoms with van der Waals surface area (Å²) in [7, 11) is 0. The molecule has 1 amide bonds. The van der Waals surface area contributed by atoms with E-state index in [4.69, 9.17) is 5.11 Å². The van der Waals surface area contributed by atoms with Crippen LogP contribution in [0.25, 0.3) is 10.9 Å². The number of aromatic nitrogens is 1. The van der Waals surface area contributed by atoms with Crippen molar-refractivity contribution in [2.24, 2.45) is 5.41 Å². The Balaban J connectivity index is 2.32. The van der Waals surface area contributed by atoms with Crippen molar-refractivity contribution in [3.8, 4) is 0 Å². The van der Waals surface area contributed by atoms with Crippen molar-refractivity contribution in [3.63, 3.8) is 0 Å². The van der Waals surface area contributed by atoms with Crippen LogP contribution in [-0.2, 0) is 0 Å². The lowest BCUT2D eigenvalue weighted by Crippen LogP contribution is -2.34. The zero-order valence-corrected chi connectivity index (χ0v) is 13.1. The Morgan fingerprint density at radius 2 is 2.13 bits per heavy atom. The van der Waals surface area contributed by atoms with Crippen LogP contribution < -0.4 is 5.32 Å². The van der Waals surface area contributed by atoms with E-state index >= 15 is 0 Å². The third kappa shape index (κ3) is 3.81. The van der Waals surface area contributed by atoms with Crippen LogP contribution in [0.15, 0.2) is 30.5 Å². The van der Waals surface area contributed by atoms with Gasteiger partial charge in [0.25, 0.3) is 11.6 Å². The van der Waals surface area contributed by atoms with Gasteiger partial charge in [0.1, 0.15) is 0 Å². The Bertz CT molecular complexity index is 743. The van der Waals surface area contributed by atoms with E-state index in [0.29, 0.717) is 29.4 Å². The Morgan fingerprint density at radius 3 is 2.78 bits per heavy atom. The first-order valence-electron chi connectivity index (χ1n) is 7.27. The van der Waals surface area contributed by atoms with Crippen LogP contribution in [0, 0.1) is 15.5 Å². The number of hydrogen-bond donors (Lipinski definition) is 2. The minimum atomic E-state index is -0.490. The maximum absolute atomic E-state index is 12.4. The predicted molar refractivity (Wildman–Crippen MR) is 86.2 cm³/mol. The molecule has 2 rings (SSSR count). The summed E-state index contributed by atoms with van der Waals surface area (Å²) in [6.07, 6.45) is 2.06. The van der Waals surface area contributed by atoms with E-state index in [1.165, 1.54) is 18.3 Å². The Morgan fingerprint density at radius 1 is 1.39 bits per heavy atom. The van der Waals surface area contributed by atoms with Gasteiger partial charge in [-0.15, -0.1) is 0 Å². The average Bonchev–Trinajstić information content (AvgIpc) is 2.51. The van der Waals surface area contributed by atoms with E-state index in [1.54, 1.807) is 12.1 Å². The number of rotatable bonds is 6. The summed E-state index contributed by atoms with van der Waals surface area (Å²) in [6.45, 7) is 4.31. The van der Waals surface area contributed by atoms with Gasteiger partial charge >= 0.3 is 0 Å². The lowest BCUT2D eigenvalue weighted by atomic mass is 9.89. The number of hydrogen-bond acceptors (Lipinski definition) is 5. The first kappa shape index (κ1) is 16.8. The van der Waals surface area contributed by atoms with Gasteiger partial charge in [-0.05, 0) is 30.0 Å². The molecule has 1 aromatic heterocycles. The Labute approximate surface area is 133 Å². The largest absolute Gasteiger partial charge is 0.396 e. The van der Waals surface area contributed by atoms with Crippen molar-refractivity contribution in [2.75, 3.05) is 13.2 Å². The highest BCUT2D eigenvalue weighted by Crippen LogP contribution is 2.27. The van der Waals surface area contributed by atoms with Gasteiger partial charge in [-0.25, -0.2) is 0 Å². The lowest BCUT2D eigenvalue weighted by molar-refractivity contribution is -0.383. The summed E-state index contributed by atoms with van der Waals surface area (Å²) < 4.78 is 0. The highest BCUT2D eigenvalue weighted by atomic mass is 16.6. The van der Waals surface area contributed by atoms with Crippen LogP contribution in [0.4, 0.5) is 5.69 Å². The minimum absolute atomic E-state index is 0.0465. The highest BCUT2D eigenvalue weighted by molar-refractivity contribution is 6.07. The van der Waals surface area contributed by atoms with Crippen molar-refractivity contribution >= 4 is 22.5 Å². The number of amides is 1. The molecule has 0 fully saturated rings. The predicted octanol–water partition coefficient (Wildman–Crippen LogP) is 2.28. The third-order valence-corrected chi connectivity index (χ3v) is 3.70. The van der Waals surface area contributed by atoms with Crippen molar-refractivity contribution in [2.45, 2.75) is 20.3 Å². The van der Waals surface area contributed by atoms with E-state index in [0.717, 1.165) is 0 Å². The van der Waals surface area contributed by atoms with Crippen LogP contribution in [0.3, 0.4) is 0 Å². The van der Waals surface area contributed by atoms with Gasteiger partial charge in [0, 0.05) is 25.4 Å². The van der Waals surface area contributed by atoms with Crippen molar-refractivity contribution in [3.05, 3.63) is 46.1 Å². The van der Waals surface area contributed by atoms with E-state index in [1.807, 2.05) is 13.8 Å². The number of carbonyl (C=O) groups excluding carboxylic acids is 1. The standard InChI is InChI=1S/C16H19N3O4/c1-16(2,7-9-20)10-18-15(21)12-5-6-13(19(22)23)11-4-3-8-17-14(11)12/h3-6,8,20H,7,9-10H2,1-2H3,(H,18,21). The van der Waals surface area contributed by atoms with Crippen LogP contribution in [0.1, 0.15) is 30.6 Å². The summed E-state index contributed by atoms with van der Waals surface area (Å²) >= 11 is 0. The van der Waals surface area contributed by atoms with Crippen LogP contribution >= 0.6 is 0 Å². The normalized spacial score (nSPS) is 11.4. The number of carbonyl (C=O) groups is 1. The molecule has 7 nitrogen and oxygen atoms in total. The molecule has 122 valence electrons. The molecule has 0 aliphatic carbocycles. The lowest BCUT2D eigenvalue weighted by Gasteiger charge is -2.23. The summed E-state index contributed by atoms with van der Waals surface area (Å²) in [5.74, 6) is -0.338. The monoisotopic (exact) mass is 317 g/mol. The molecule has 0 aliphatic heterocycles. The number of fused-ring (bicyclic) bond motifs is 1. The number of pyridine rings is 1. The summed E-state index contributed by atoms with van der Waals surface area (Å²) in [5.41, 5.74) is 0.282. The topological polar surface area (TPSA) is 105 Å². The summed E-state index contributed by atoms with van der Waals surface area (Å²) in [5, 5.41) is 23.2. The number of aliphatic hydroxyl groups excluding tert-OH is 1. The molecule has 1 aromatic carbocycles. The Hall–Kier alpha value is -2.54. The van der Waals surface area contributed by atoms with E-state index in [2.05, 4.69) is 10.3 Å². The van der Waals surface area contributed by atoms with Crippen LogP contribution in [-0.4, -0.2) is 34.1 Å². The van der Waals surface area contributed by atoms with Gasteiger partial charge in [0.05, 0.1) is 21.4 Å². The van der Waals surface area contributed by atoms with Gasteiger partial charge in [0.2, 0.25) is 0 Å². The average molecular weight is 317 g/mol. The van der Waals surface area contributed by atoms with Crippen LogP contribution in [0.5, 0.6) is 0 Å². The zero-order chi connectivity index (χ0) is 17.0. The molecule has 1 heterocycles. The number of non-ortho nitro benzene ring substituents is 1. The quantitative estimate of drug-likeness (QED) is 0.628. The second-order valence-electron chi connectivity index (χ2n) is 6.11. The summed E-state index contributed by atoms with van der Waals surface area (Å²) in [4.78, 5) is 27.1. The maximum Gasteiger partial charge on any atom is 0.278 e. The molecular formula is C16H19N3O4. The molecular weight excluding hydrogens is 298 g/mol. The number of nitro groups is 1. The number of aliphatic hydroxyl groups is 1. The second-order valence-corrected chi connectivity index (χ2v) is 6.11. The van der Waals surface area contributed by atoms with Gasteiger partial charge < -0.3 is 10.4 Å². The molecule has 2 N–H and O–H groups in total. The second kappa shape index (κ2) is 6.70. The molecule has 0 saturated carbocycles. The van der Waals surface area contributed by atoms with Crippen molar-refractivity contribution < 1.29 is 14.8 Å². The van der Waals surface area contributed by atoms with E-state index < -0.39 is 4.92 Å². The molecule has 23 heavy (non-hydrogen) atoms. The highest BCUT2D eigenvalue weighted by Gasteiger charge is 2.22. The summed E-state index contributed by atoms with van der Waals surface area (Å²) in [6, 6.07) is 5.91. The molecule has 0 spiro atoms. The molecule has 0 aliphatic rings. The SMILES string of the molecule is CC(C)(CCO)CNC(=O)c1ccc([N+](=O)[O-])c2cccnc12. The molecule has 0 radical (unpaired) electrons. The van der Waals surface area contributed by atoms with Gasteiger partial charge in [0.15, 0.2) is 0 Å².